The minimum Gasteiger partial charge on any atom is -0.392 e. The molecule has 100 valence electrons. The second-order valence-electron chi connectivity index (χ2n) is 3.63. The Kier molecular flexibility index (Phi) is 5.03. The van der Waals surface area contributed by atoms with Crippen LogP contribution in [0, 0.1) is 0 Å². The maximum atomic E-state index is 12.1. The fourth-order valence-electron chi connectivity index (χ4n) is 1.15. The molecule has 0 aliphatic rings. The fourth-order valence-corrected chi connectivity index (χ4v) is 1.69. The van der Waals surface area contributed by atoms with E-state index in [1.54, 1.807) is 0 Å². The SMILES string of the molecule is C[C@H](O)CNC(=O)c1ccc(SC(F)(F)F)cc1. The van der Waals surface area contributed by atoms with Gasteiger partial charge in [-0.2, -0.15) is 13.2 Å². The molecule has 0 aliphatic heterocycles. The number of carbonyl (C=O) groups excluding carboxylic acids is 1. The van der Waals surface area contributed by atoms with Crippen LogP contribution in [0.3, 0.4) is 0 Å². The second kappa shape index (κ2) is 6.10. The molecule has 0 fully saturated rings. The number of thioether (sulfide) groups is 1. The number of nitrogens with one attached hydrogen (secondary N) is 1. The summed E-state index contributed by atoms with van der Waals surface area (Å²) in [5.74, 6) is -0.431. The lowest BCUT2D eigenvalue weighted by atomic mass is 10.2. The second-order valence-corrected chi connectivity index (χ2v) is 4.77. The van der Waals surface area contributed by atoms with Crippen molar-refractivity contribution in [1.29, 1.82) is 0 Å². The van der Waals surface area contributed by atoms with Crippen molar-refractivity contribution in [2.75, 3.05) is 6.54 Å². The van der Waals surface area contributed by atoms with Gasteiger partial charge in [-0.05, 0) is 43.0 Å². The van der Waals surface area contributed by atoms with Crippen LogP contribution in [0.25, 0.3) is 0 Å². The zero-order valence-electron chi connectivity index (χ0n) is 9.49. The molecule has 0 aliphatic carbocycles. The number of aliphatic hydroxyl groups is 1. The number of halogens is 3. The Labute approximate surface area is 106 Å². The Morgan fingerprint density at radius 1 is 1.39 bits per heavy atom. The molecule has 0 unspecified atom stereocenters. The van der Waals surface area contributed by atoms with Crippen molar-refractivity contribution in [3.63, 3.8) is 0 Å². The van der Waals surface area contributed by atoms with E-state index in [1.165, 1.54) is 31.2 Å². The molecule has 1 aromatic rings. The zero-order chi connectivity index (χ0) is 13.8. The third kappa shape index (κ3) is 5.42. The fraction of sp³-hybridized carbons (Fsp3) is 0.364. The highest BCUT2D eigenvalue weighted by atomic mass is 32.2. The highest BCUT2D eigenvalue weighted by Crippen LogP contribution is 2.36. The lowest BCUT2D eigenvalue weighted by Gasteiger charge is -2.08. The van der Waals surface area contributed by atoms with Crippen molar-refractivity contribution in [1.82, 2.24) is 5.32 Å². The summed E-state index contributed by atoms with van der Waals surface area (Å²) in [4.78, 5) is 11.5. The molecule has 1 atom stereocenters. The van der Waals surface area contributed by atoms with Gasteiger partial charge < -0.3 is 10.4 Å². The van der Waals surface area contributed by atoms with Gasteiger partial charge >= 0.3 is 5.51 Å². The minimum absolute atomic E-state index is 0.0228. The maximum Gasteiger partial charge on any atom is 0.446 e. The third-order valence-electron chi connectivity index (χ3n) is 1.91. The van der Waals surface area contributed by atoms with Gasteiger partial charge in [0.2, 0.25) is 0 Å². The van der Waals surface area contributed by atoms with Gasteiger partial charge in [0.15, 0.2) is 0 Å². The number of amides is 1. The number of benzene rings is 1. The Hall–Kier alpha value is -1.21. The molecule has 0 aromatic heterocycles. The minimum atomic E-state index is -4.34. The standard InChI is InChI=1S/C11H12F3NO2S/c1-7(16)6-15-10(17)8-2-4-9(5-3-8)18-11(12,13)14/h2-5,7,16H,6H2,1H3,(H,15,17)/t7-/m0/s1. The van der Waals surface area contributed by atoms with Gasteiger partial charge in [0.05, 0.1) is 6.10 Å². The monoisotopic (exact) mass is 279 g/mol. The molecule has 0 radical (unpaired) electrons. The summed E-state index contributed by atoms with van der Waals surface area (Å²) >= 11 is -0.232. The van der Waals surface area contributed by atoms with E-state index in [-0.39, 0.29) is 28.8 Å². The molecule has 0 saturated carbocycles. The van der Waals surface area contributed by atoms with Crippen molar-refractivity contribution < 1.29 is 23.1 Å². The first kappa shape index (κ1) is 14.8. The van der Waals surface area contributed by atoms with Gasteiger partial charge in [0.1, 0.15) is 0 Å². The molecule has 0 saturated heterocycles. The van der Waals surface area contributed by atoms with Crippen LogP contribution in [0.5, 0.6) is 0 Å². The van der Waals surface area contributed by atoms with Gasteiger partial charge in [0, 0.05) is 17.0 Å². The molecule has 0 heterocycles. The molecule has 0 bridgehead atoms. The van der Waals surface area contributed by atoms with Gasteiger partial charge in [-0.3, -0.25) is 4.79 Å². The maximum absolute atomic E-state index is 12.1. The van der Waals surface area contributed by atoms with Gasteiger partial charge in [-0.15, -0.1) is 0 Å². The van der Waals surface area contributed by atoms with Crippen LogP contribution in [0.2, 0.25) is 0 Å². The largest absolute Gasteiger partial charge is 0.446 e. The highest BCUT2D eigenvalue weighted by molar-refractivity contribution is 8.00. The normalized spacial score (nSPS) is 13.2. The van der Waals surface area contributed by atoms with Crippen LogP contribution in [-0.2, 0) is 0 Å². The van der Waals surface area contributed by atoms with Crippen molar-refractivity contribution >= 4 is 17.7 Å². The number of rotatable bonds is 4. The molecular weight excluding hydrogens is 267 g/mol. The predicted molar refractivity (Wildman–Crippen MR) is 62.4 cm³/mol. The van der Waals surface area contributed by atoms with E-state index in [1.807, 2.05) is 0 Å². The Bertz CT molecular complexity index is 404. The summed E-state index contributed by atoms with van der Waals surface area (Å²) in [7, 11) is 0. The Morgan fingerprint density at radius 3 is 2.39 bits per heavy atom. The summed E-state index contributed by atoms with van der Waals surface area (Å²) < 4.78 is 36.2. The van der Waals surface area contributed by atoms with Crippen molar-refractivity contribution in [2.45, 2.75) is 23.4 Å². The van der Waals surface area contributed by atoms with Crippen molar-refractivity contribution in [3.05, 3.63) is 29.8 Å². The lowest BCUT2D eigenvalue weighted by molar-refractivity contribution is -0.0328. The van der Waals surface area contributed by atoms with E-state index in [2.05, 4.69) is 5.32 Å². The molecule has 3 nitrogen and oxygen atoms in total. The summed E-state index contributed by atoms with van der Waals surface area (Å²) in [5, 5.41) is 11.4. The zero-order valence-corrected chi connectivity index (χ0v) is 10.3. The average Bonchev–Trinajstić information content (AvgIpc) is 2.24. The number of alkyl halides is 3. The lowest BCUT2D eigenvalue weighted by Crippen LogP contribution is -2.30. The topological polar surface area (TPSA) is 49.3 Å². The summed E-state index contributed by atoms with van der Waals surface area (Å²) in [6, 6.07) is 5.09. The number of hydrogen-bond donors (Lipinski definition) is 2. The van der Waals surface area contributed by atoms with Crippen LogP contribution in [0.4, 0.5) is 13.2 Å². The first-order valence-electron chi connectivity index (χ1n) is 5.10. The van der Waals surface area contributed by atoms with E-state index < -0.39 is 17.5 Å². The summed E-state index contributed by atoms with van der Waals surface area (Å²) in [5.41, 5.74) is -4.09. The molecular formula is C11H12F3NO2S. The molecule has 7 heteroatoms. The highest BCUT2D eigenvalue weighted by Gasteiger charge is 2.29. The molecule has 1 aromatic carbocycles. The molecule has 1 rings (SSSR count). The molecule has 18 heavy (non-hydrogen) atoms. The number of hydrogen-bond acceptors (Lipinski definition) is 3. The summed E-state index contributed by atoms with van der Waals surface area (Å²) in [6.45, 7) is 1.61. The smallest absolute Gasteiger partial charge is 0.392 e. The van der Waals surface area contributed by atoms with E-state index in [4.69, 9.17) is 5.11 Å². The third-order valence-corrected chi connectivity index (χ3v) is 2.65. The quantitative estimate of drug-likeness (QED) is 0.832. The van der Waals surface area contributed by atoms with Gasteiger partial charge in [-0.25, -0.2) is 0 Å². The summed E-state index contributed by atoms with van der Waals surface area (Å²) in [6.07, 6.45) is -0.672. The molecule has 2 N–H and O–H groups in total. The average molecular weight is 279 g/mol. The molecule has 0 spiro atoms. The van der Waals surface area contributed by atoms with Crippen LogP contribution in [0.1, 0.15) is 17.3 Å². The van der Waals surface area contributed by atoms with Crippen LogP contribution >= 0.6 is 11.8 Å². The van der Waals surface area contributed by atoms with E-state index in [9.17, 15) is 18.0 Å². The van der Waals surface area contributed by atoms with Gasteiger partial charge in [0.25, 0.3) is 5.91 Å². The van der Waals surface area contributed by atoms with Gasteiger partial charge in [-0.1, -0.05) is 0 Å². The van der Waals surface area contributed by atoms with E-state index in [0.29, 0.717) is 0 Å². The number of carbonyl (C=O) groups is 1. The predicted octanol–water partition coefficient (Wildman–Crippen LogP) is 2.41. The first-order valence-corrected chi connectivity index (χ1v) is 5.91. The first-order chi connectivity index (χ1) is 8.28. The van der Waals surface area contributed by atoms with Crippen LogP contribution < -0.4 is 5.32 Å². The van der Waals surface area contributed by atoms with Crippen LogP contribution in [0.15, 0.2) is 29.2 Å². The van der Waals surface area contributed by atoms with E-state index in [0.717, 1.165) is 0 Å². The molecule has 1 amide bonds. The van der Waals surface area contributed by atoms with Crippen molar-refractivity contribution in [3.8, 4) is 0 Å². The van der Waals surface area contributed by atoms with Crippen LogP contribution in [-0.4, -0.2) is 29.2 Å². The van der Waals surface area contributed by atoms with E-state index >= 15 is 0 Å². The Morgan fingerprint density at radius 2 is 1.94 bits per heavy atom. The number of aliphatic hydroxyl groups excluding tert-OH is 1. The Balaban J connectivity index is 2.62. The van der Waals surface area contributed by atoms with Crippen molar-refractivity contribution in [2.24, 2.45) is 0 Å².